The van der Waals surface area contributed by atoms with E-state index in [2.05, 4.69) is 15.5 Å². The van der Waals surface area contributed by atoms with Crippen LogP contribution in [-0.4, -0.2) is 26.5 Å². The molecule has 0 spiro atoms. The Morgan fingerprint density at radius 3 is 2.50 bits per heavy atom. The van der Waals surface area contributed by atoms with Crippen molar-refractivity contribution in [2.45, 2.75) is 45.3 Å². The van der Waals surface area contributed by atoms with Crippen LogP contribution in [0.1, 0.15) is 45.0 Å². The number of hydrogen-bond acceptors (Lipinski definition) is 6. The van der Waals surface area contributed by atoms with Gasteiger partial charge in [-0.15, -0.1) is 10.2 Å². The maximum atomic E-state index is 11.9. The molecule has 0 radical (unpaired) electrons. The summed E-state index contributed by atoms with van der Waals surface area (Å²) in [7, 11) is 0. The lowest BCUT2D eigenvalue weighted by atomic mass is 10.2. The number of rotatable bonds is 5. The number of nitrogens with one attached hydrogen (secondary N) is 1. The molecule has 0 fully saturated rings. The average molecular weight is 287 g/mol. The number of aromatic nitrogens is 2. The fraction of sp³-hybridized carbons (Fsp3) is 0.636. The molecular formula is C11H17N3O2S2. The highest BCUT2D eigenvalue weighted by molar-refractivity contribution is 8.14. The van der Waals surface area contributed by atoms with Crippen LogP contribution in [0.3, 0.4) is 0 Å². The van der Waals surface area contributed by atoms with Gasteiger partial charge < -0.3 is 0 Å². The van der Waals surface area contributed by atoms with Crippen molar-refractivity contribution in [2.75, 3.05) is 5.32 Å². The van der Waals surface area contributed by atoms with E-state index < -0.39 is 0 Å². The summed E-state index contributed by atoms with van der Waals surface area (Å²) in [5.41, 5.74) is 0. The summed E-state index contributed by atoms with van der Waals surface area (Å²) in [6, 6.07) is 0. The summed E-state index contributed by atoms with van der Waals surface area (Å²) in [6.07, 6.45) is 0.603. The molecule has 0 aliphatic heterocycles. The molecule has 1 unspecified atom stereocenters. The number of nitrogens with zero attached hydrogens (tertiary/aromatic N) is 2. The Morgan fingerprint density at radius 1 is 1.39 bits per heavy atom. The summed E-state index contributed by atoms with van der Waals surface area (Å²) >= 11 is 2.41. The molecule has 1 aromatic heterocycles. The molecule has 1 atom stereocenters. The first-order chi connectivity index (χ1) is 8.43. The van der Waals surface area contributed by atoms with E-state index in [0.29, 0.717) is 17.5 Å². The van der Waals surface area contributed by atoms with E-state index in [1.807, 2.05) is 20.8 Å². The monoisotopic (exact) mass is 287 g/mol. The minimum Gasteiger partial charge on any atom is -0.300 e. The van der Waals surface area contributed by atoms with Crippen LogP contribution in [0.4, 0.5) is 5.13 Å². The van der Waals surface area contributed by atoms with Crippen LogP contribution in [-0.2, 0) is 9.59 Å². The van der Waals surface area contributed by atoms with Crippen molar-refractivity contribution in [1.29, 1.82) is 0 Å². The zero-order chi connectivity index (χ0) is 13.7. The molecule has 1 heterocycles. The number of carbonyl (C=O) groups is 2. The quantitative estimate of drug-likeness (QED) is 0.901. The predicted molar refractivity (Wildman–Crippen MR) is 75.0 cm³/mol. The van der Waals surface area contributed by atoms with Crippen molar-refractivity contribution >= 4 is 39.3 Å². The number of carbonyl (C=O) groups excluding carboxylic acids is 2. The minimum atomic E-state index is -0.367. The molecule has 0 aromatic carbocycles. The SMILES string of the molecule is CCC(SC(C)=O)C(=O)Nc1nnc(C(C)C)s1. The molecule has 7 heteroatoms. The standard InChI is InChI=1S/C11H17N3O2S2/c1-5-8(17-7(4)15)9(16)12-11-14-13-10(18-11)6(2)3/h6,8H,5H2,1-4H3,(H,12,14,16). The fourth-order valence-corrected chi connectivity index (χ4v) is 2.71. The number of hydrogen-bond donors (Lipinski definition) is 1. The van der Waals surface area contributed by atoms with Gasteiger partial charge >= 0.3 is 0 Å². The lowest BCUT2D eigenvalue weighted by Crippen LogP contribution is -2.25. The molecule has 18 heavy (non-hydrogen) atoms. The van der Waals surface area contributed by atoms with Crippen LogP contribution >= 0.6 is 23.1 Å². The van der Waals surface area contributed by atoms with Crippen LogP contribution in [0.5, 0.6) is 0 Å². The van der Waals surface area contributed by atoms with E-state index in [1.54, 1.807) is 0 Å². The third kappa shape index (κ3) is 4.38. The van der Waals surface area contributed by atoms with Gasteiger partial charge in [0.1, 0.15) is 5.01 Å². The van der Waals surface area contributed by atoms with Gasteiger partial charge in [0.2, 0.25) is 11.0 Å². The van der Waals surface area contributed by atoms with Crippen molar-refractivity contribution in [3.05, 3.63) is 5.01 Å². The van der Waals surface area contributed by atoms with Gasteiger partial charge in [-0.2, -0.15) is 0 Å². The molecule has 0 saturated heterocycles. The summed E-state index contributed by atoms with van der Waals surface area (Å²) in [4.78, 5) is 22.9. The topological polar surface area (TPSA) is 72.0 Å². The Hall–Kier alpha value is -0.950. The van der Waals surface area contributed by atoms with Crippen molar-refractivity contribution in [3.63, 3.8) is 0 Å². The highest BCUT2D eigenvalue weighted by Crippen LogP contribution is 2.24. The normalized spacial score (nSPS) is 12.5. The molecule has 5 nitrogen and oxygen atoms in total. The summed E-state index contributed by atoms with van der Waals surface area (Å²) in [5.74, 6) is 0.103. The molecule has 0 aliphatic rings. The maximum Gasteiger partial charge on any atom is 0.239 e. The average Bonchev–Trinajstić information content (AvgIpc) is 2.74. The van der Waals surface area contributed by atoms with Gasteiger partial charge in [0, 0.05) is 12.8 Å². The maximum absolute atomic E-state index is 11.9. The molecule has 1 rings (SSSR count). The van der Waals surface area contributed by atoms with Gasteiger partial charge in [-0.05, 0) is 6.42 Å². The molecule has 100 valence electrons. The van der Waals surface area contributed by atoms with E-state index in [-0.39, 0.29) is 16.3 Å². The second kappa shape index (κ2) is 6.84. The van der Waals surface area contributed by atoms with Gasteiger partial charge in [0.05, 0.1) is 5.25 Å². The zero-order valence-corrected chi connectivity index (χ0v) is 12.5. The van der Waals surface area contributed by atoms with Crippen LogP contribution in [0.2, 0.25) is 0 Å². The lowest BCUT2D eigenvalue weighted by Gasteiger charge is -2.10. The first kappa shape index (κ1) is 15.1. The van der Waals surface area contributed by atoms with Crippen LogP contribution < -0.4 is 5.32 Å². The van der Waals surface area contributed by atoms with E-state index in [0.717, 1.165) is 16.8 Å². The van der Waals surface area contributed by atoms with E-state index in [4.69, 9.17) is 0 Å². The van der Waals surface area contributed by atoms with Crippen molar-refractivity contribution in [2.24, 2.45) is 0 Å². The van der Waals surface area contributed by atoms with Gasteiger partial charge in [0.15, 0.2) is 5.12 Å². The van der Waals surface area contributed by atoms with E-state index in [1.165, 1.54) is 18.3 Å². The number of thioether (sulfide) groups is 1. The largest absolute Gasteiger partial charge is 0.300 e. The third-order valence-electron chi connectivity index (χ3n) is 2.14. The van der Waals surface area contributed by atoms with Gasteiger partial charge in [-0.3, -0.25) is 14.9 Å². The minimum absolute atomic E-state index is 0.0582. The second-order valence-corrected chi connectivity index (χ2v) is 6.48. The first-order valence-electron chi connectivity index (χ1n) is 5.75. The summed E-state index contributed by atoms with van der Waals surface area (Å²) in [6.45, 7) is 7.38. The molecule has 0 aliphatic carbocycles. The highest BCUT2D eigenvalue weighted by Gasteiger charge is 2.20. The predicted octanol–water partition coefficient (Wildman–Crippen LogP) is 2.66. The molecule has 1 aromatic rings. The number of anilines is 1. The van der Waals surface area contributed by atoms with Crippen LogP contribution in [0, 0.1) is 0 Å². The lowest BCUT2D eigenvalue weighted by molar-refractivity contribution is -0.116. The molecule has 1 N–H and O–H groups in total. The highest BCUT2D eigenvalue weighted by atomic mass is 32.2. The van der Waals surface area contributed by atoms with Crippen molar-refractivity contribution in [3.8, 4) is 0 Å². The van der Waals surface area contributed by atoms with Gasteiger partial charge in [-0.25, -0.2) is 0 Å². The molecular weight excluding hydrogens is 270 g/mol. The Morgan fingerprint density at radius 2 is 2.06 bits per heavy atom. The van der Waals surface area contributed by atoms with Gasteiger partial charge in [0.25, 0.3) is 0 Å². The smallest absolute Gasteiger partial charge is 0.239 e. The molecule has 0 bridgehead atoms. The van der Waals surface area contributed by atoms with Crippen molar-refractivity contribution < 1.29 is 9.59 Å². The molecule has 0 saturated carbocycles. The zero-order valence-electron chi connectivity index (χ0n) is 10.9. The Bertz CT molecular complexity index is 432. The second-order valence-electron chi connectivity index (χ2n) is 4.10. The first-order valence-corrected chi connectivity index (χ1v) is 7.45. The Kier molecular flexibility index (Phi) is 5.74. The molecule has 1 amide bonds. The van der Waals surface area contributed by atoms with Crippen molar-refractivity contribution in [1.82, 2.24) is 10.2 Å². The Labute approximate surface area is 115 Å². The van der Waals surface area contributed by atoms with E-state index >= 15 is 0 Å². The van der Waals surface area contributed by atoms with Crippen LogP contribution in [0.15, 0.2) is 0 Å². The van der Waals surface area contributed by atoms with Gasteiger partial charge in [-0.1, -0.05) is 43.9 Å². The van der Waals surface area contributed by atoms with Crippen LogP contribution in [0.25, 0.3) is 0 Å². The summed E-state index contributed by atoms with van der Waals surface area (Å²) < 4.78 is 0. The number of amides is 1. The third-order valence-corrected chi connectivity index (χ3v) is 4.44. The Balaban J connectivity index is 2.64. The van der Waals surface area contributed by atoms with E-state index in [9.17, 15) is 9.59 Å². The fourth-order valence-electron chi connectivity index (χ4n) is 1.23. The summed E-state index contributed by atoms with van der Waals surface area (Å²) in [5, 5.41) is 11.6.